The average Bonchev–Trinajstić information content (AvgIpc) is 1.57. The Morgan fingerprint density at radius 3 is 1.07 bits per heavy atom. The SMILES string of the molecule is c1ccc(-c2cc(-n3c4ccccc4c4cc(-c5ccc6oc7cccc(-c8ccc9c(c8)c8ccc(-c%10ccc%11c(c%10)c%10cc(-c%12ccc%13oc%14cccc(-c%15ccc%16c(c%15)c%15ccccc%15n%16-c%15ccccc%15)c%14c%13c%12)ccc%10n%11-c%10cc(-c%11ccccc%11)c%11cccnc%11n%10)cc8n9-c8ccccc8)c7c6c5)ccc43)nc3ccccc23)cc1. The molecule has 122 heavy (non-hydrogen) atoms. The Hall–Kier alpha value is -16.5. The summed E-state index contributed by atoms with van der Waals surface area (Å²) in [6.45, 7) is 0. The molecular weight excluding hydrogens is 1490 g/mol. The molecule has 9 heteroatoms. The van der Waals surface area contributed by atoms with Gasteiger partial charge in [-0.25, -0.2) is 15.0 Å². The van der Waals surface area contributed by atoms with Crippen LogP contribution in [0.15, 0.2) is 415 Å². The zero-order chi connectivity index (χ0) is 79.8. The van der Waals surface area contributed by atoms with Crippen molar-refractivity contribution in [1.29, 1.82) is 0 Å². The van der Waals surface area contributed by atoms with Gasteiger partial charge in [-0.2, -0.15) is 0 Å². The molecule has 0 spiro atoms. The predicted octanol–water partition coefficient (Wildman–Crippen LogP) is 30.0. The average molecular weight is 1550 g/mol. The third kappa shape index (κ3) is 10.4. The van der Waals surface area contributed by atoms with Crippen molar-refractivity contribution in [2.75, 3.05) is 0 Å². The maximum atomic E-state index is 6.81. The summed E-state index contributed by atoms with van der Waals surface area (Å²) in [6, 6.07) is 145. The van der Waals surface area contributed by atoms with Gasteiger partial charge in [-0.1, -0.05) is 231 Å². The number of pyridine rings is 3. The summed E-state index contributed by atoms with van der Waals surface area (Å²) in [5.41, 5.74) is 31.6. The van der Waals surface area contributed by atoms with Gasteiger partial charge in [0.1, 0.15) is 34.0 Å². The zero-order valence-electron chi connectivity index (χ0n) is 65.6. The molecule has 0 aliphatic heterocycles. The fourth-order valence-electron chi connectivity index (χ4n) is 19.9. The molecular formula is C113H67N7O2. The van der Waals surface area contributed by atoms with Crippen LogP contribution in [0, 0.1) is 0 Å². The van der Waals surface area contributed by atoms with Gasteiger partial charge in [0.2, 0.25) is 0 Å². The monoisotopic (exact) mass is 1550 g/mol. The number of nitrogens with zero attached hydrogens (tertiary/aromatic N) is 7. The zero-order valence-corrected chi connectivity index (χ0v) is 65.6. The first-order valence-electron chi connectivity index (χ1n) is 41.5. The summed E-state index contributed by atoms with van der Waals surface area (Å²) in [5.74, 6) is 1.67. The van der Waals surface area contributed by atoms with E-state index < -0.39 is 0 Å². The molecule has 0 N–H and O–H groups in total. The summed E-state index contributed by atoms with van der Waals surface area (Å²) in [6.07, 6.45) is 1.84. The van der Waals surface area contributed by atoms with E-state index in [2.05, 4.69) is 413 Å². The molecule has 9 heterocycles. The van der Waals surface area contributed by atoms with Crippen molar-refractivity contribution in [3.8, 4) is 101 Å². The molecule has 0 saturated carbocycles. The molecule has 0 radical (unpaired) electrons. The van der Waals surface area contributed by atoms with Gasteiger partial charge in [-0.05, 0) is 248 Å². The van der Waals surface area contributed by atoms with Crippen molar-refractivity contribution >= 4 is 153 Å². The number of para-hydroxylation sites is 5. The third-order valence-corrected chi connectivity index (χ3v) is 25.4. The van der Waals surface area contributed by atoms with Crippen molar-refractivity contribution in [3.63, 3.8) is 0 Å². The number of benzene rings is 17. The fourth-order valence-corrected chi connectivity index (χ4v) is 19.9. The van der Waals surface area contributed by atoms with Crippen LogP contribution in [0.2, 0.25) is 0 Å². The van der Waals surface area contributed by atoms with Gasteiger partial charge < -0.3 is 18.0 Å². The predicted molar refractivity (Wildman–Crippen MR) is 505 cm³/mol. The van der Waals surface area contributed by atoms with E-state index in [1.165, 1.54) is 21.7 Å². The Morgan fingerprint density at radius 2 is 0.549 bits per heavy atom. The van der Waals surface area contributed by atoms with E-state index in [-0.39, 0.29) is 0 Å². The normalized spacial score (nSPS) is 12.1. The molecule has 0 atom stereocenters. The second kappa shape index (κ2) is 26.5. The van der Waals surface area contributed by atoms with Gasteiger partial charge in [0.25, 0.3) is 0 Å². The molecule has 566 valence electrons. The topological polar surface area (TPSA) is 84.7 Å². The molecule has 0 aliphatic carbocycles. The molecule has 0 unspecified atom stereocenters. The van der Waals surface area contributed by atoms with Crippen LogP contribution in [-0.4, -0.2) is 33.2 Å². The van der Waals surface area contributed by atoms with E-state index >= 15 is 0 Å². The van der Waals surface area contributed by atoms with Crippen molar-refractivity contribution < 1.29 is 8.83 Å². The van der Waals surface area contributed by atoms with Crippen LogP contribution in [-0.2, 0) is 0 Å². The summed E-state index contributed by atoms with van der Waals surface area (Å²) in [7, 11) is 0. The number of hydrogen-bond acceptors (Lipinski definition) is 5. The van der Waals surface area contributed by atoms with Crippen molar-refractivity contribution in [3.05, 3.63) is 407 Å². The molecule has 26 aromatic rings. The molecule has 17 aromatic carbocycles. The number of hydrogen-bond donors (Lipinski definition) is 0. The third-order valence-electron chi connectivity index (χ3n) is 25.4. The molecule has 26 rings (SSSR count). The molecule has 0 saturated heterocycles. The number of fused-ring (bicyclic) bond motifs is 20. The van der Waals surface area contributed by atoms with Crippen LogP contribution in [0.4, 0.5) is 0 Å². The highest BCUT2D eigenvalue weighted by molar-refractivity contribution is 6.20. The molecule has 0 amide bonds. The summed E-state index contributed by atoms with van der Waals surface area (Å²) < 4.78 is 23.1. The van der Waals surface area contributed by atoms with Crippen LogP contribution in [0.1, 0.15) is 0 Å². The highest BCUT2D eigenvalue weighted by atomic mass is 16.3. The summed E-state index contributed by atoms with van der Waals surface area (Å²) in [5, 5.41) is 15.7. The quantitative estimate of drug-likeness (QED) is 0.129. The standard InChI is InChI=1S/C113H67N7O2/c1-5-22-68(23-6-1)87-66-109(115-96-36-16-13-30-82(87)96)119-98-38-18-15-32-84(98)89-58-70(42-50-101(89)119)73-47-55-105-94(61-73)112-81(34-20-40-108(112)121-105)77-46-54-100-91(64-77)85-49-41-75(65-104(85)118(100)79-28-11-4-12-29-79)72-44-52-103-93(60-72)92-59-71(43-51-102(92)120(103)110-67-88(69-24-7-2-8-25-69)86-35-21-57-114-113(86)116-110)74-48-56-106-95(62-74)111-80(33-19-39-107(111)122-106)76-45-53-99-90(63-76)83-31-14-17-37-97(83)117(99)78-26-9-3-10-27-78/h1-67H. The summed E-state index contributed by atoms with van der Waals surface area (Å²) >= 11 is 0. The van der Waals surface area contributed by atoms with Crippen LogP contribution in [0.25, 0.3) is 254 Å². The highest BCUT2D eigenvalue weighted by Gasteiger charge is 2.25. The lowest BCUT2D eigenvalue weighted by Crippen LogP contribution is -2.00. The van der Waals surface area contributed by atoms with E-state index in [0.717, 1.165) is 227 Å². The van der Waals surface area contributed by atoms with Crippen molar-refractivity contribution in [2.45, 2.75) is 0 Å². The largest absolute Gasteiger partial charge is 0.456 e. The molecule has 9 nitrogen and oxygen atoms in total. The minimum absolute atomic E-state index is 0.683. The van der Waals surface area contributed by atoms with Crippen molar-refractivity contribution in [1.82, 2.24) is 33.2 Å². The van der Waals surface area contributed by atoms with Gasteiger partial charge in [-0.15, -0.1) is 0 Å². The highest BCUT2D eigenvalue weighted by Crippen LogP contribution is 2.48. The Kier molecular flexibility index (Phi) is 14.7. The van der Waals surface area contributed by atoms with E-state index in [4.69, 9.17) is 23.8 Å². The molecule has 0 aliphatic rings. The first kappa shape index (κ1) is 67.7. The van der Waals surface area contributed by atoms with Gasteiger partial charge in [-0.3, -0.25) is 9.13 Å². The molecule has 9 aromatic heterocycles. The fraction of sp³-hybridized carbons (Fsp3) is 0. The van der Waals surface area contributed by atoms with Crippen molar-refractivity contribution in [2.24, 2.45) is 0 Å². The van der Waals surface area contributed by atoms with E-state index in [1.807, 2.05) is 12.3 Å². The minimum atomic E-state index is 0.683. The van der Waals surface area contributed by atoms with E-state index in [1.54, 1.807) is 0 Å². The lowest BCUT2D eigenvalue weighted by molar-refractivity contribution is 0.668. The lowest BCUT2D eigenvalue weighted by Gasteiger charge is -2.13. The van der Waals surface area contributed by atoms with E-state index in [9.17, 15) is 0 Å². The lowest BCUT2D eigenvalue weighted by atomic mass is 9.95. The second-order valence-corrected chi connectivity index (χ2v) is 32.1. The molecule has 0 fully saturated rings. The first-order valence-corrected chi connectivity index (χ1v) is 41.5. The van der Waals surface area contributed by atoms with Gasteiger partial charge in [0.05, 0.1) is 49.7 Å². The van der Waals surface area contributed by atoms with E-state index in [0.29, 0.717) is 5.65 Å². The van der Waals surface area contributed by atoms with Crippen LogP contribution in [0.3, 0.4) is 0 Å². The Morgan fingerprint density at radius 1 is 0.189 bits per heavy atom. The first-order chi connectivity index (χ1) is 60.5. The minimum Gasteiger partial charge on any atom is -0.456 e. The Balaban J connectivity index is 0.603. The van der Waals surface area contributed by atoms with Gasteiger partial charge in [0.15, 0.2) is 5.65 Å². The molecule has 0 bridgehead atoms. The number of rotatable bonds is 11. The Bertz CT molecular complexity index is 8890. The smallest absolute Gasteiger partial charge is 0.162 e. The van der Waals surface area contributed by atoms with Gasteiger partial charge in [0, 0.05) is 93.0 Å². The van der Waals surface area contributed by atoms with Crippen LogP contribution in [0.5, 0.6) is 0 Å². The van der Waals surface area contributed by atoms with Crippen LogP contribution >= 0.6 is 0 Å². The maximum Gasteiger partial charge on any atom is 0.162 e. The summed E-state index contributed by atoms with van der Waals surface area (Å²) in [4.78, 5) is 15.7. The van der Waals surface area contributed by atoms with Gasteiger partial charge >= 0.3 is 0 Å². The van der Waals surface area contributed by atoms with Crippen LogP contribution < -0.4 is 0 Å². The number of furan rings is 2. The maximum absolute atomic E-state index is 6.81. The Labute approximate surface area is 698 Å². The number of aromatic nitrogens is 7. The second-order valence-electron chi connectivity index (χ2n) is 32.1.